The van der Waals surface area contributed by atoms with Crippen LogP contribution in [-0.2, 0) is 4.74 Å². The Bertz CT molecular complexity index is 7660. The lowest BCUT2D eigenvalue weighted by Crippen LogP contribution is -2.07. The molecule has 28 nitrogen and oxygen atoms in total. The number of methoxy groups -OCH3 is 1. The number of benzene rings is 1. The highest BCUT2D eigenvalue weighted by atomic mass is 35.5. The molecule has 0 amide bonds. The summed E-state index contributed by atoms with van der Waals surface area (Å²) in [7, 11) is 1.39. The molecule has 19 aromatic heterocycles. The topological polar surface area (TPSA) is 361 Å². The lowest BCUT2D eigenvalue weighted by molar-refractivity contribution is 0.0604. The van der Waals surface area contributed by atoms with E-state index in [9.17, 15) is 29.7 Å². The van der Waals surface area contributed by atoms with Gasteiger partial charge in [-0.05, 0) is 209 Å². The number of carbonyl (C=O) groups excluding carboxylic acids is 1. The van der Waals surface area contributed by atoms with Crippen LogP contribution in [0.4, 0.5) is 0 Å². The zero-order valence-electron chi connectivity index (χ0n) is 73.9. The number of aromatic nitrogens is 17. The predicted octanol–water partition coefficient (Wildman–Crippen LogP) is 23.8. The maximum Gasteiger partial charge on any atom is 0.354 e. The number of aliphatic hydroxyl groups is 1. The first-order valence-corrected chi connectivity index (χ1v) is 44.0. The van der Waals surface area contributed by atoms with Crippen molar-refractivity contribution in [2.45, 2.75) is 107 Å². The second-order valence-corrected chi connectivity index (χ2v) is 34.1. The zero-order valence-corrected chi connectivity index (χ0v) is 76.2. The zero-order chi connectivity index (χ0) is 92.6. The van der Waals surface area contributed by atoms with Crippen LogP contribution in [0, 0.1) is 55.4 Å². The van der Waals surface area contributed by atoms with Gasteiger partial charge in [0.2, 0.25) is 0 Å². The van der Waals surface area contributed by atoms with E-state index < -0.39 is 11.9 Å². The van der Waals surface area contributed by atoms with Crippen LogP contribution in [0.15, 0.2) is 256 Å². The average Bonchev–Trinajstić information content (AvgIpc) is 1.62. The first-order valence-electron chi connectivity index (χ1n) is 42.0. The van der Waals surface area contributed by atoms with Crippen LogP contribution in [0.3, 0.4) is 0 Å². The lowest BCUT2D eigenvalue weighted by Gasteiger charge is -2.15. The molecule has 1 aromatic carbocycles. The number of thiophene rings is 2. The van der Waals surface area contributed by atoms with Crippen LogP contribution in [0.5, 0.6) is 0 Å². The minimum absolute atomic E-state index is 0.0000758. The van der Waals surface area contributed by atoms with Crippen molar-refractivity contribution in [1.29, 1.82) is 0 Å². The molecule has 0 aliphatic rings. The Balaban J connectivity index is 0.000000123. The SMILES string of the molecule is C=C(O)c1cc(-c2cn([C@@H](C)c3ccccn3)c3cc(-c4c(C)noc4C)cnc23)cs1.COC(=O)c1ccc(-c2cn([C@@H](C)c3ccccn3)c3cc(-c4c(C)noc4C)cnc23)s1.Cc1noc(C)c1-c1cnc2c(-c3ccc(C(=O)O)c(Cl)c3)cn([C@@H](C)c3ccccn3)c2c1.Cc1noc(C)c1-c1cnc2c(-c3ccc(C(=O)O)nc3)cn([C@@H](C)c3ccccn3)c2c1. The number of hydrogen-bond acceptors (Lipinski definition) is 24. The largest absolute Gasteiger partial charge is 0.507 e. The van der Waals surface area contributed by atoms with Crippen molar-refractivity contribution in [2.75, 3.05) is 7.11 Å². The van der Waals surface area contributed by atoms with Gasteiger partial charge in [0.05, 0.1) is 136 Å². The first-order chi connectivity index (χ1) is 63.7. The molecule has 0 spiro atoms. The first kappa shape index (κ1) is 88.2. The Morgan fingerprint density at radius 2 is 0.750 bits per heavy atom. The summed E-state index contributed by atoms with van der Waals surface area (Å²) in [4.78, 5) is 78.5. The summed E-state index contributed by atoms with van der Waals surface area (Å²) in [5.41, 5.74) is 27.9. The van der Waals surface area contributed by atoms with Gasteiger partial charge in [0, 0.05) is 158 Å². The summed E-state index contributed by atoms with van der Waals surface area (Å²) >= 11 is 9.14. The summed E-state index contributed by atoms with van der Waals surface area (Å²) in [5, 5.41) is 46.9. The Kier molecular flexibility index (Phi) is 24.8. The van der Waals surface area contributed by atoms with Gasteiger partial charge < -0.3 is 56.4 Å². The van der Waals surface area contributed by atoms with Gasteiger partial charge in [0.1, 0.15) is 39.4 Å². The van der Waals surface area contributed by atoms with Crippen LogP contribution in [-0.4, -0.2) is 124 Å². The van der Waals surface area contributed by atoms with Crippen molar-refractivity contribution < 1.29 is 52.5 Å². The number of carboxylic acids is 2. The van der Waals surface area contributed by atoms with Gasteiger partial charge in [0.25, 0.3) is 0 Å². The van der Waals surface area contributed by atoms with Gasteiger partial charge in [-0.3, -0.25) is 39.9 Å². The molecule has 20 rings (SSSR count). The Morgan fingerprint density at radius 3 is 1.06 bits per heavy atom. The summed E-state index contributed by atoms with van der Waals surface area (Å²) < 4.78 is 35.0. The monoisotopic (exact) mass is 1810 g/mol. The van der Waals surface area contributed by atoms with Crippen molar-refractivity contribution in [3.05, 3.63) is 333 Å². The maximum absolute atomic E-state index is 12.0. The summed E-state index contributed by atoms with van der Waals surface area (Å²) in [6.45, 7) is 27.3. The van der Waals surface area contributed by atoms with Crippen molar-refractivity contribution in [2.24, 2.45) is 0 Å². The fraction of sp³-hybridized carbons (Fsp3) is 0.168. The number of fused-ring (bicyclic) bond motifs is 4. The van der Waals surface area contributed by atoms with Crippen LogP contribution < -0.4 is 0 Å². The average molecular weight is 1810 g/mol. The molecule has 132 heavy (non-hydrogen) atoms. The smallest absolute Gasteiger partial charge is 0.354 e. The second kappa shape index (κ2) is 37.1. The van der Waals surface area contributed by atoms with E-state index in [1.807, 2.05) is 183 Å². The van der Waals surface area contributed by atoms with Crippen molar-refractivity contribution in [1.82, 2.24) is 83.8 Å². The van der Waals surface area contributed by atoms with Gasteiger partial charge in [-0.25, -0.2) is 19.4 Å². The van der Waals surface area contributed by atoms with Gasteiger partial charge in [-0.2, -0.15) is 0 Å². The summed E-state index contributed by atoms with van der Waals surface area (Å²) in [6, 6.07) is 45.6. The number of halogens is 1. The Hall–Kier alpha value is -15.8. The minimum atomic E-state index is -1.06. The van der Waals surface area contributed by atoms with Crippen molar-refractivity contribution >= 4 is 102 Å². The lowest BCUT2D eigenvalue weighted by atomic mass is 10.0. The molecule has 31 heteroatoms. The fourth-order valence-corrected chi connectivity index (χ4v) is 18.6. The van der Waals surface area contributed by atoms with E-state index in [1.165, 1.54) is 41.9 Å². The number of aryl methyl sites for hydroxylation is 8. The standard InChI is InChI=1S/C26H21ClN4O3.C25H21N5O3.C25H22N4O3S.C25H22N4O2S/c1-14-24(16(3)34-30-14)18-11-23-25(29-12-18)20(17-7-8-19(26(32)33)21(27)10-17)13-31(23)15(2)22-6-4-5-9-28-22;1-14-23(16(3)33-29-14)18-10-22-24(28-12-18)19(17-7-8-21(25(31)32)27-11-17)13-30(22)15(2)20-6-4-5-9-26-20;1-14-23(16(3)32-28-14)17-11-20-24(27-12-17)18(21-8-9-22(33-21)25(30)31-4)13-29(20)15(2)19-7-5-6-10-26-19;1-14-24(17(4)31-28-14)18-9-22-25(27-11-18)20(19-10-23(16(3)30)32-13-19)12-29(22)15(2)21-7-5-6-8-26-21/h4-13,15H,1-3H3,(H,32,33);4-13,15H,1-3H3,(H,31,32);5-13,15H,1-4H3;5-13,15,30H,3H2,1-2,4H3/t4*15-/m0000/s1. The molecule has 19 heterocycles. The van der Waals surface area contributed by atoms with E-state index >= 15 is 0 Å². The van der Waals surface area contributed by atoms with Gasteiger partial charge in [-0.1, -0.05) is 75.2 Å². The molecule has 0 saturated carbocycles. The molecule has 0 unspecified atom stereocenters. The van der Waals surface area contributed by atoms with Crippen LogP contribution in [0.25, 0.3) is 138 Å². The van der Waals surface area contributed by atoms with Gasteiger partial charge in [-0.15, -0.1) is 22.7 Å². The molecule has 0 bridgehead atoms. The molecule has 0 fully saturated rings. The van der Waals surface area contributed by atoms with E-state index in [0.717, 1.165) is 206 Å². The van der Waals surface area contributed by atoms with E-state index in [-0.39, 0.29) is 52.2 Å². The summed E-state index contributed by atoms with van der Waals surface area (Å²) in [5.74, 6) is 0.587. The third-order valence-electron chi connectivity index (χ3n) is 23.4. The molecule has 0 aliphatic carbocycles. The molecule has 0 radical (unpaired) electrons. The Labute approximate surface area is 768 Å². The van der Waals surface area contributed by atoms with Gasteiger partial charge in [0.15, 0.2) is 0 Å². The molecule has 660 valence electrons. The summed E-state index contributed by atoms with van der Waals surface area (Å²) in [6.07, 6.45) is 24.3. The maximum atomic E-state index is 12.0. The molecule has 4 atom stereocenters. The van der Waals surface area contributed by atoms with Crippen molar-refractivity contribution in [3.8, 4) is 88.3 Å². The van der Waals surface area contributed by atoms with E-state index in [0.29, 0.717) is 4.88 Å². The number of pyridine rings is 9. The molecule has 3 N–H and O–H groups in total. The highest BCUT2D eigenvalue weighted by molar-refractivity contribution is 7.17. The number of ether oxygens (including phenoxy) is 1. The normalized spacial score (nSPS) is 12.3. The van der Waals surface area contributed by atoms with Crippen LogP contribution in [0.2, 0.25) is 5.02 Å². The number of aromatic carboxylic acids is 2. The van der Waals surface area contributed by atoms with E-state index in [1.54, 1.807) is 55.2 Å². The fourth-order valence-electron chi connectivity index (χ4n) is 16.7. The number of aliphatic hydroxyl groups excluding tert-OH is 1. The predicted molar refractivity (Wildman–Crippen MR) is 508 cm³/mol. The number of esters is 1. The third-order valence-corrected chi connectivity index (χ3v) is 25.7. The molecule has 0 aliphatic heterocycles. The van der Waals surface area contributed by atoms with Gasteiger partial charge >= 0.3 is 17.9 Å². The van der Waals surface area contributed by atoms with Crippen molar-refractivity contribution in [3.63, 3.8) is 0 Å². The molecular weight excluding hydrogens is 1730 g/mol. The number of rotatable bonds is 20. The van der Waals surface area contributed by atoms with E-state index in [4.69, 9.17) is 54.4 Å². The van der Waals surface area contributed by atoms with E-state index in [2.05, 4.69) is 135 Å². The number of carboxylic acid groups (broad SMARTS) is 2. The highest BCUT2D eigenvalue weighted by Crippen LogP contribution is 2.45. The molecule has 20 aromatic rings. The molecule has 0 saturated heterocycles. The highest BCUT2D eigenvalue weighted by Gasteiger charge is 2.29. The Morgan fingerprint density at radius 1 is 0.394 bits per heavy atom. The minimum Gasteiger partial charge on any atom is -0.507 e. The molecular formula is C101H86ClN17O11S2. The number of hydrogen-bond donors (Lipinski definition) is 3. The number of nitrogens with zero attached hydrogens (tertiary/aromatic N) is 17. The number of carbonyl (C=O) groups is 3. The third kappa shape index (κ3) is 17.3. The van der Waals surface area contributed by atoms with Crippen LogP contribution >= 0.6 is 34.3 Å². The quantitative estimate of drug-likeness (QED) is 0.0471. The second-order valence-electron chi connectivity index (χ2n) is 31.7. The van der Waals surface area contributed by atoms with Crippen LogP contribution in [0.1, 0.15) is 156 Å².